The number of carbonyl (C=O) groups is 2. The quantitative estimate of drug-likeness (QED) is 0.832. The number of thiophene rings is 1. The van der Waals surface area contributed by atoms with Gasteiger partial charge in [0.2, 0.25) is 5.91 Å². The second-order valence-electron chi connectivity index (χ2n) is 4.41. The number of aryl methyl sites for hydroxylation is 1. The molecule has 0 saturated heterocycles. The Morgan fingerprint density at radius 2 is 1.95 bits per heavy atom. The lowest BCUT2D eigenvalue weighted by atomic mass is 10.2. The first-order chi connectivity index (χ1) is 10.1. The van der Waals surface area contributed by atoms with Crippen LogP contribution in [0.25, 0.3) is 0 Å². The molecule has 6 heteroatoms. The highest BCUT2D eigenvalue weighted by atomic mass is 32.2. The molecule has 2 N–H and O–H groups in total. The van der Waals surface area contributed by atoms with Crippen molar-refractivity contribution in [2.45, 2.75) is 18.4 Å². The van der Waals surface area contributed by atoms with E-state index in [2.05, 4.69) is 10.6 Å². The number of rotatable bonds is 5. The van der Waals surface area contributed by atoms with Crippen LogP contribution in [-0.4, -0.2) is 17.7 Å². The number of nitrogens with one attached hydrogen (secondary N) is 2. The predicted octanol–water partition coefficient (Wildman–Crippen LogP) is 3.17. The van der Waals surface area contributed by atoms with Gasteiger partial charge in [-0.05, 0) is 30.5 Å². The molecule has 0 atom stereocenters. The van der Waals surface area contributed by atoms with Gasteiger partial charge in [0.15, 0.2) is 0 Å². The lowest BCUT2D eigenvalue weighted by Crippen LogP contribution is -2.39. The first kappa shape index (κ1) is 15.6. The Balaban J connectivity index is 1.68. The molecule has 0 bridgehead atoms. The topological polar surface area (TPSA) is 58.2 Å². The van der Waals surface area contributed by atoms with Crippen LogP contribution in [0.15, 0.2) is 46.7 Å². The zero-order valence-corrected chi connectivity index (χ0v) is 13.2. The van der Waals surface area contributed by atoms with Crippen molar-refractivity contribution in [1.29, 1.82) is 0 Å². The smallest absolute Gasteiger partial charge is 0.321 e. The summed E-state index contributed by atoms with van der Waals surface area (Å²) in [6.45, 7) is 2.45. The van der Waals surface area contributed by atoms with Gasteiger partial charge in [0.25, 0.3) is 0 Å². The average Bonchev–Trinajstić information content (AvgIpc) is 2.98. The fourth-order valence-electron chi connectivity index (χ4n) is 1.57. The molecule has 4 nitrogen and oxygen atoms in total. The summed E-state index contributed by atoms with van der Waals surface area (Å²) < 4.78 is 0. The summed E-state index contributed by atoms with van der Waals surface area (Å²) >= 11 is 2.97. The van der Waals surface area contributed by atoms with E-state index in [1.807, 2.05) is 48.7 Å². The normalized spacial score (nSPS) is 10.1. The van der Waals surface area contributed by atoms with Gasteiger partial charge in [-0.3, -0.25) is 10.1 Å². The molecule has 0 saturated carbocycles. The minimum Gasteiger partial charge on any atom is -0.333 e. The van der Waals surface area contributed by atoms with Crippen molar-refractivity contribution >= 4 is 35.0 Å². The Kier molecular flexibility index (Phi) is 5.83. The van der Waals surface area contributed by atoms with Crippen molar-refractivity contribution in [2.75, 3.05) is 5.75 Å². The van der Waals surface area contributed by atoms with Gasteiger partial charge in [0, 0.05) is 9.77 Å². The van der Waals surface area contributed by atoms with E-state index in [0.29, 0.717) is 6.54 Å². The first-order valence-electron chi connectivity index (χ1n) is 6.43. The molecule has 2 aromatic rings. The van der Waals surface area contributed by atoms with E-state index in [4.69, 9.17) is 0 Å². The molecule has 2 rings (SSSR count). The van der Waals surface area contributed by atoms with E-state index in [9.17, 15) is 9.59 Å². The number of urea groups is 1. The van der Waals surface area contributed by atoms with Crippen molar-refractivity contribution in [3.63, 3.8) is 0 Å². The summed E-state index contributed by atoms with van der Waals surface area (Å²) in [6.07, 6.45) is 0. The molecule has 0 unspecified atom stereocenters. The molecule has 110 valence electrons. The molecule has 0 aliphatic heterocycles. The highest BCUT2D eigenvalue weighted by molar-refractivity contribution is 8.00. The third-order valence-corrected chi connectivity index (χ3v) is 4.54. The maximum atomic E-state index is 11.7. The summed E-state index contributed by atoms with van der Waals surface area (Å²) in [5, 5.41) is 6.91. The van der Waals surface area contributed by atoms with Gasteiger partial charge in [0.05, 0.1) is 12.3 Å². The molecule has 0 fully saturated rings. The predicted molar refractivity (Wildman–Crippen MR) is 86.6 cm³/mol. The zero-order chi connectivity index (χ0) is 15.1. The molecule has 3 amide bonds. The lowest BCUT2D eigenvalue weighted by molar-refractivity contribution is -0.117. The zero-order valence-electron chi connectivity index (χ0n) is 11.6. The fourth-order valence-corrected chi connectivity index (χ4v) is 2.91. The van der Waals surface area contributed by atoms with E-state index >= 15 is 0 Å². The molecule has 21 heavy (non-hydrogen) atoms. The van der Waals surface area contributed by atoms with Gasteiger partial charge in [-0.25, -0.2) is 4.79 Å². The summed E-state index contributed by atoms with van der Waals surface area (Å²) in [5.41, 5.74) is 1.18. The number of thioether (sulfide) groups is 1. The summed E-state index contributed by atoms with van der Waals surface area (Å²) in [6, 6.07) is 11.3. The van der Waals surface area contributed by atoms with Crippen LogP contribution in [0.2, 0.25) is 0 Å². The maximum Gasteiger partial charge on any atom is 0.321 e. The molecule has 0 radical (unpaired) electrons. The van der Waals surface area contributed by atoms with Gasteiger partial charge < -0.3 is 5.32 Å². The maximum absolute atomic E-state index is 11.7. The Morgan fingerprint density at radius 3 is 2.62 bits per heavy atom. The Bertz CT molecular complexity index is 595. The van der Waals surface area contributed by atoms with E-state index in [0.717, 1.165) is 9.77 Å². The van der Waals surface area contributed by atoms with Crippen LogP contribution in [0, 0.1) is 6.92 Å². The molecule has 0 aliphatic carbocycles. The van der Waals surface area contributed by atoms with Gasteiger partial charge in [-0.2, -0.15) is 0 Å². The highest BCUT2D eigenvalue weighted by Crippen LogP contribution is 2.17. The van der Waals surface area contributed by atoms with Crippen LogP contribution in [0.4, 0.5) is 4.79 Å². The van der Waals surface area contributed by atoms with Crippen molar-refractivity contribution in [2.24, 2.45) is 0 Å². The van der Waals surface area contributed by atoms with E-state index in [1.54, 1.807) is 11.3 Å². The van der Waals surface area contributed by atoms with Crippen LogP contribution < -0.4 is 10.6 Å². The van der Waals surface area contributed by atoms with E-state index in [1.165, 1.54) is 17.3 Å². The van der Waals surface area contributed by atoms with Crippen molar-refractivity contribution in [3.8, 4) is 0 Å². The number of hydrogen-bond acceptors (Lipinski definition) is 4. The number of benzene rings is 1. The first-order valence-corrected chi connectivity index (χ1v) is 8.29. The number of hydrogen-bond donors (Lipinski definition) is 2. The number of imide groups is 1. The fraction of sp³-hybridized carbons (Fsp3) is 0.200. The van der Waals surface area contributed by atoms with Crippen molar-refractivity contribution in [1.82, 2.24) is 10.6 Å². The highest BCUT2D eigenvalue weighted by Gasteiger charge is 2.08. The summed E-state index contributed by atoms with van der Waals surface area (Å²) in [7, 11) is 0. The van der Waals surface area contributed by atoms with Crippen LogP contribution in [0.5, 0.6) is 0 Å². The summed E-state index contributed by atoms with van der Waals surface area (Å²) in [5.74, 6) is -0.0839. The van der Waals surface area contributed by atoms with Gasteiger partial charge in [-0.1, -0.05) is 23.8 Å². The molecule has 1 aromatic heterocycles. The van der Waals surface area contributed by atoms with Crippen LogP contribution in [-0.2, 0) is 11.3 Å². The number of carbonyl (C=O) groups excluding carboxylic acids is 2. The van der Waals surface area contributed by atoms with Crippen LogP contribution in [0.3, 0.4) is 0 Å². The lowest BCUT2D eigenvalue weighted by Gasteiger charge is -2.06. The monoisotopic (exact) mass is 320 g/mol. The molecular formula is C15H16N2O2S2. The largest absolute Gasteiger partial charge is 0.333 e. The van der Waals surface area contributed by atoms with Crippen molar-refractivity contribution < 1.29 is 9.59 Å². The Hall–Kier alpha value is -1.79. The Labute approximate surface area is 131 Å². The van der Waals surface area contributed by atoms with Crippen molar-refractivity contribution in [3.05, 3.63) is 52.2 Å². The minimum atomic E-state index is -0.460. The second-order valence-corrected chi connectivity index (χ2v) is 6.49. The molecule has 0 aliphatic rings. The van der Waals surface area contributed by atoms with Gasteiger partial charge in [-0.15, -0.1) is 23.1 Å². The van der Waals surface area contributed by atoms with Crippen LogP contribution in [0.1, 0.15) is 10.4 Å². The SMILES string of the molecule is Cc1ccc(SCC(=O)NC(=O)NCc2cccs2)cc1. The van der Waals surface area contributed by atoms with E-state index in [-0.39, 0.29) is 11.7 Å². The van der Waals surface area contributed by atoms with Crippen LogP contribution >= 0.6 is 23.1 Å². The average molecular weight is 320 g/mol. The molecule has 0 spiro atoms. The van der Waals surface area contributed by atoms with Gasteiger partial charge in [0.1, 0.15) is 0 Å². The molecule has 1 aromatic carbocycles. The molecule has 1 heterocycles. The Morgan fingerprint density at radius 1 is 1.19 bits per heavy atom. The second kappa shape index (κ2) is 7.85. The third kappa shape index (κ3) is 5.61. The summed E-state index contributed by atoms with van der Waals surface area (Å²) in [4.78, 5) is 25.3. The standard InChI is InChI=1S/C15H16N2O2S2/c1-11-4-6-12(7-5-11)21-10-14(18)17-15(19)16-9-13-3-2-8-20-13/h2-8H,9-10H2,1H3,(H2,16,17,18,19). The van der Waals surface area contributed by atoms with Gasteiger partial charge >= 0.3 is 6.03 Å². The van der Waals surface area contributed by atoms with E-state index < -0.39 is 6.03 Å². The third-order valence-electron chi connectivity index (χ3n) is 2.65. The molecular weight excluding hydrogens is 304 g/mol. The minimum absolute atomic E-state index is 0.218. The number of amides is 3.